The van der Waals surface area contributed by atoms with Crippen molar-refractivity contribution in [1.82, 2.24) is 23.8 Å². The normalized spacial score (nSPS) is 13.0. The van der Waals surface area contributed by atoms with Gasteiger partial charge in [0.25, 0.3) is 0 Å². The Morgan fingerprint density at radius 2 is 1.66 bits per heavy atom. The summed E-state index contributed by atoms with van der Waals surface area (Å²) in [5, 5.41) is 0. The van der Waals surface area contributed by atoms with Crippen LogP contribution < -0.4 is 0 Å². The maximum Gasteiger partial charge on any atom is 0.435 e. The SMILES string of the molecule is CCCN(Cc1c(C(F)(F)F)nc2n(-c3c(C)cc(C)cc3C)c3ncccc3n12)CC(F)(F)F. The minimum absolute atomic E-state index is 0.0168. The van der Waals surface area contributed by atoms with Gasteiger partial charge in [-0.2, -0.15) is 26.3 Å². The molecule has 4 rings (SSSR count). The van der Waals surface area contributed by atoms with Gasteiger partial charge in [0.05, 0.1) is 23.4 Å². The van der Waals surface area contributed by atoms with Gasteiger partial charge in [0.1, 0.15) is 0 Å². The van der Waals surface area contributed by atoms with Crippen LogP contribution in [0.1, 0.15) is 41.4 Å². The number of benzene rings is 1. The highest BCUT2D eigenvalue weighted by Crippen LogP contribution is 2.37. The van der Waals surface area contributed by atoms with Gasteiger partial charge in [-0.3, -0.25) is 13.9 Å². The topological polar surface area (TPSA) is 38.4 Å². The highest BCUT2D eigenvalue weighted by molar-refractivity contribution is 5.81. The molecule has 0 bridgehead atoms. The summed E-state index contributed by atoms with van der Waals surface area (Å²) in [6.07, 6.45) is -7.53. The summed E-state index contributed by atoms with van der Waals surface area (Å²) in [7, 11) is 0. The molecular formula is C24H25F6N5. The second-order valence-electron chi connectivity index (χ2n) is 8.79. The predicted molar refractivity (Wildman–Crippen MR) is 121 cm³/mol. The van der Waals surface area contributed by atoms with Crippen molar-refractivity contribution in [3.63, 3.8) is 0 Å². The van der Waals surface area contributed by atoms with E-state index in [2.05, 4.69) is 9.97 Å². The largest absolute Gasteiger partial charge is 0.435 e. The Kier molecular flexibility index (Phi) is 6.33. The van der Waals surface area contributed by atoms with E-state index >= 15 is 0 Å². The lowest BCUT2D eigenvalue weighted by molar-refractivity contribution is -0.148. The monoisotopic (exact) mass is 497 g/mol. The number of pyridine rings is 1. The van der Waals surface area contributed by atoms with Crippen molar-refractivity contribution >= 4 is 16.9 Å². The Balaban J connectivity index is 2.06. The average Bonchev–Trinajstić information content (AvgIpc) is 3.22. The molecule has 0 N–H and O–H groups in total. The molecule has 0 atom stereocenters. The summed E-state index contributed by atoms with van der Waals surface area (Å²) < 4.78 is 84.9. The van der Waals surface area contributed by atoms with E-state index < -0.39 is 31.1 Å². The molecule has 11 heteroatoms. The quantitative estimate of drug-likeness (QED) is 0.290. The fourth-order valence-corrected chi connectivity index (χ4v) is 4.77. The van der Waals surface area contributed by atoms with Gasteiger partial charge in [-0.25, -0.2) is 9.97 Å². The van der Waals surface area contributed by atoms with Crippen LogP contribution in [0.3, 0.4) is 0 Å². The maximum atomic E-state index is 14.1. The number of alkyl halides is 6. The van der Waals surface area contributed by atoms with Crippen LogP contribution in [-0.2, 0) is 12.7 Å². The van der Waals surface area contributed by atoms with Gasteiger partial charge in [-0.1, -0.05) is 24.6 Å². The summed E-state index contributed by atoms with van der Waals surface area (Å²) >= 11 is 0. The minimum atomic E-state index is -4.85. The van der Waals surface area contributed by atoms with Gasteiger partial charge in [-0.05, 0) is 57.0 Å². The molecule has 0 radical (unpaired) electrons. The van der Waals surface area contributed by atoms with E-state index in [1.807, 2.05) is 32.9 Å². The molecular weight excluding hydrogens is 472 g/mol. The van der Waals surface area contributed by atoms with Gasteiger partial charge in [0, 0.05) is 12.7 Å². The molecule has 5 nitrogen and oxygen atoms in total. The maximum absolute atomic E-state index is 14.1. The standard InChI is InChI=1S/C24H25F6N5/c1-5-9-33(13-23(25,26)27)12-18-20(24(28,29)30)32-22-34(18)17-7-6-8-31-21(17)35(22)19-15(3)10-14(2)11-16(19)4/h6-8,10-11H,5,9,12-13H2,1-4H3. The van der Waals surface area contributed by atoms with Crippen LogP contribution in [0.4, 0.5) is 26.3 Å². The van der Waals surface area contributed by atoms with Crippen LogP contribution in [0, 0.1) is 20.8 Å². The fourth-order valence-electron chi connectivity index (χ4n) is 4.77. The summed E-state index contributed by atoms with van der Waals surface area (Å²) in [6.45, 7) is 5.39. The molecule has 35 heavy (non-hydrogen) atoms. The summed E-state index contributed by atoms with van der Waals surface area (Å²) in [6, 6.07) is 7.00. The molecule has 3 aromatic heterocycles. The third kappa shape index (κ3) is 4.73. The van der Waals surface area contributed by atoms with Crippen LogP contribution in [0.5, 0.6) is 0 Å². The van der Waals surface area contributed by atoms with Crippen molar-refractivity contribution in [2.45, 2.75) is 53.0 Å². The first kappa shape index (κ1) is 25.0. The molecule has 0 aliphatic carbocycles. The second-order valence-corrected chi connectivity index (χ2v) is 8.79. The fraction of sp³-hybridized carbons (Fsp3) is 0.417. The van der Waals surface area contributed by atoms with Crippen molar-refractivity contribution in [2.24, 2.45) is 0 Å². The van der Waals surface area contributed by atoms with E-state index in [9.17, 15) is 26.3 Å². The number of aryl methyl sites for hydroxylation is 3. The first-order valence-electron chi connectivity index (χ1n) is 11.1. The Bertz CT molecular complexity index is 1360. The highest BCUT2D eigenvalue weighted by Gasteiger charge is 2.41. The number of rotatable bonds is 6. The predicted octanol–water partition coefficient (Wildman–Crippen LogP) is 6.39. The number of hydrogen-bond acceptors (Lipinski definition) is 3. The zero-order valence-electron chi connectivity index (χ0n) is 19.7. The van der Waals surface area contributed by atoms with Gasteiger partial charge >= 0.3 is 12.4 Å². The molecule has 188 valence electrons. The molecule has 0 amide bonds. The highest BCUT2D eigenvalue weighted by atomic mass is 19.4. The zero-order valence-corrected chi connectivity index (χ0v) is 19.7. The average molecular weight is 497 g/mol. The molecule has 3 heterocycles. The van der Waals surface area contributed by atoms with Crippen molar-refractivity contribution in [2.75, 3.05) is 13.1 Å². The molecule has 0 unspecified atom stereocenters. The zero-order chi connectivity index (χ0) is 25.7. The molecule has 0 saturated heterocycles. The van der Waals surface area contributed by atoms with Crippen molar-refractivity contribution in [1.29, 1.82) is 0 Å². The number of fused-ring (bicyclic) bond motifs is 3. The van der Waals surface area contributed by atoms with Crippen molar-refractivity contribution in [3.8, 4) is 5.69 Å². The van der Waals surface area contributed by atoms with E-state index in [0.717, 1.165) is 21.6 Å². The van der Waals surface area contributed by atoms with E-state index in [1.165, 1.54) is 10.6 Å². The molecule has 0 aliphatic rings. The Labute approximate surface area is 198 Å². The summed E-state index contributed by atoms with van der Waals surface area (Å²) in [5.41, 5.74) is 2.43. The van der Waals surface area contributed by atoms with Crippen LogP contribution in [-0.4, -0.2) is 43.1 Å². The third-order valence-corrected chi connectivity index (χ3v) is 5.82. The lowest BCUT2D eigenvalue weighted by atomic mass is 10.1. The molecule has 0 aliphatic heterocycles. The molecule has 1 aromatic carbocycles. The van der Waals surface area contributed by atoms with Gasteiger partial charge in [0.15, 0.2) is 11.3 Å². The van der Waals surface area contributed by atoms with Crippen LogP contribution in [0.15, 0.2) is 30.5 Å². The lowest BCUT2D eigenvalue weighted by Gasteiger charge is -2.23. The van der Waals surface area contributed by atoms with Gasteiger partial charge in [0.2, 0.25) is 5.78 Å². The number of halogens is 6. The van der Waals surface area contributed by atoms with E-state index in [4.69, 9.17) is 0 Å². The molecule has 4 aromatic rings. The number of aromatic nitrogens is 4. The van der Waals surface area contributed by atoms with Crippen LogP contribution >= 0.6 is 0 Å². The first-order valence-corrected chi connectivity index (χ1v) is 11.1. The summed E-state index contributed by atoms with van der Waals surface area (Å²) in [5.74, 6) is -0.0421. The summed E-state index contributed by atoms with van der Waals surface area (Å²) in [4.78, 5) is 9.34. The number of imidazole rings is 2. The second kappa shape index (κ2) is 8.85. The van der Waals surface area contributed by atoms with E-state index in [1.54, 1.807) is 23.6 Å². The Morgan fingerprint density at radius 1 is 1.00 bits per heavy atom. The van der Waals surface area contributed by atoms with Crippen molar-refractivity contribution in [3.05, 3.63) is 58.5 Å². The van der Waals surface area contributed by atoms with E-state index in [-0.39, 0.29) is 18.0 Å². The van der Waals surface area contributed by atoms with Gasteiger partial charge < -0.3 is 0 Å². The van der Waals surface area contributed by atoms with Crippen molar-refractivity contribution < 1.29 is 26.3 Å². The molecule has 0 spiro atoms. The van der Waals surface area contributed by atoms with Crippen LogP contribution in [0.25, 0.3) is 22.6 Å². The number of hydrogen-bond donors (Lipinski definition) is 0. The first-order chi connectivity index (χ1) is 16.3. The smallest absolute Gasteiger partial charge is 0.289 e. The molecule has 0 saturated carbocycles. The molecule has 0 fully saturated rings. The third-order valence-electron chi connectivity index (χ3n) is 5.82. The van der Waals surface area contributed by atoms with Crippen LogP contribution in [0.2, 0.25) is 0 Å². The minimum Gasteiger partial charge on any atom is -0.289 e. The Morgan fingerprint density at radius 3 is 2.23 bits per heavy atom. The van der Waals surface area contributed by atoms with E-state index in [0.29, 0.717) is 23.3 Å². The Hall–Kier alpha value is -3.08. The van der Waals surface area contributed by atoms with Gasteiger partial charge in [-0.15, -0.1) is 0 Å². The number of nitrogens with zero attached hydrogens (tertiary/aromatic N) is 5. The lowest BCUT2D eigenvalue weighted by Crippen LogP contribution is -2.35.